The van der Waals surface area contributed by atoms with Gasteiger partial charge in [-0.3, -0.25) is 0 Å². The molecule has 2 rings (SSSR count). The second-order valence-electron chi connectivity index (χ2n) is 3.77. The van der Waals surface area contributed by atoms with E-state index in [4.69, 9.17) is 22.2 Å². The summed E-state index contributed by atoms with van der Waals surface area (Å²) in [6.45, 7) is 0.384. The van der Waals surface area contributed by atoms with Crippen molar-refractivity contribution in [2.75, 3.05) is 12.5 Å². The van der Waals surface area contributed by atoms with E-state index in [9.17, 15) is 0 Å². The highest BCUT2D eigenvalue weighted by Crippen LogP contribution is 2.29. The van der Waals surface area contributed by atoms with Crippen LogP contribution in [0.4, 0.5) is 5.82 Å². The Morgan fingerprint density at radius 3 is 2.79 bits per heavy atom. The van der Waals surface area contributed by atoms with Crippen LogP contribution in [0.2, 0.25) is 5.02 Å². The fourth-order valence-electron chi connectivity index (χ4n) is 1.58. The lowest BCUT2D eigenvalue weighted by molar-refractivity contribution is 0.181. The number of nitrogens with one attached hydrogen (secondary N) is 1. The van der Waals surface area contributed by atoms with Gasteiger partial charge in [0.25, 0.3) is 0 Å². The van der Waals surface area contributed by atoms with Crippen molar-refractivity contribution < 1.29 is 4.74 Å². The monoisotopic (exact) mass is 342 g/mol. The Balaban J connectivity index is 2.51. The zero-order valence-corrected chi connectivity index (χ0v) is 12.5. The van der Waals surface area contributed by atoms with Crippen LogP contribution >= 0.6 is 27.5 Å². The number of nitrogens with zero attached hydrogens (tertiary/aromatic N) is 2. The van der Waals surface area contributed by atoms with E-state index in [0.29, 0.717) is 23.3 Å². The molecule has 19 heavy (non-hydrogen) atoms. The first kappa shape index (κ1) is 14.2. The van der Waals surface area contributed by atoms with Gasteiger partial charge in [0.1, 0.15) is 5.82 Å². The summed E-state index contributed by atoms with van der Waals surface area (Å²) in [7, 11) is 1.61. The van der Waals surface area contributed by atoms with Crippen molar-refractivity contribution in [2.45, 2.75) is 6.61 Å². The smallest absolute Gasteiger partial charge is 0.163 e. The average Bonchev–Trinajstić information content (AvgIpc) is 2.38. The Hall–Kier alpha value is -1.21. The van der Waals surface area contributed by atoms with Crippen molar-refractivity contribution in [1.29, 1.82) is 0 Å². The molecule has 0 amide bonds. The molecule has 0 bridgehead atoms. The first-order valence-electron chi connectivity index (χ1n) is 5.43. The van der Waals surface area contributed by atoms with Crippen molar-refractivity contribution in [1.82, 2.24) is 9.97 Å². The number of hydrogen-bond acceptors (Lipinski definition) is 5. The molecule has 0 radical (unpaired) electrons. The van der Waals surface area contributed by atoms with Crippen molar-refractivity contribution >= 4 is 33.3 Å². The molecule has 3 N–H and O–H groups in total. The van der Waals surface area contributed by atoms with Crippen LogP contribution in [-0.4, -0.2) is 17.1 Å². The predicted molar refractivity (Wildman–Crippen MR) is 78.7 cm³/mol. The molecule has 0 atom stereocenters. The van der Waals surface area contributed by atoms with Crippen molar-refractivity contribution in [3.8, 4) is 11.4 Å². The highest BCUT2D eigenvalue weighted by Gasteiger charge is 2.10. The zero-order chi connectivity index (χ0) is 13.8. The molecule has 2 aromatic rings. The standard InChI is InChI=1S/C12H12BrClN4O/c1-19-6-8-5-11(18-15)17-12(16-8)9-3-2-7(14)4-10(9)13/h2-5H,6,15H2,1H3,(H,16,17,18). The second-order valence-corrected chi connectivity index (χ2v) is 5.06. The van der Waals surface area contributed by atoms with Crippen molar-refractivity contribution in [2.24, 2.45) is 5.84 Å². The van der Waals surface area contributed by atoms with E-state index in [-0.39, 0.29) is 0 Å². The first-order valence-corrected chi connectivity index (χ1v) is 6.60. The van der Waals surface area contributed by atoms with Crippen LogP contribution in [0.1, 0.15) is 5.69 Å². The normalized spacial score (nSPS) is 10.5. The molecule has 0 fully saturated rings. The van der Waals surface area contributed by atoms with Gasteiger partial charge in [-0.25, -0.2) is 15.8 Å². The number of methoxy groups -OCH3 is 1. The van der Waals surface area contributed by atoms with E-state index in [1.165, 1.54) is 0 Å². The predicted octanol–water partition coefficient (Wildman–Crippen LogP) is 2.99. The van der Waals surface area contributed by atoms with Gasteiger partial charge in [-0.05, 0) is 34.1 Å². The maximum atomic E-state index is 5.92. The van der Waals surface area contributed by atoms with Gasteiger partial charge in [-0.15, -0.1) is 0 Å². The first-order chi connectivity index (χ1) is 9.13. The topological polar surface area (TPSA) is 73.1 Å². The van der Waals surface area contributed by atoms with Gasteiger partial charge in [0.15, 0.2) is 5.82 Å². The number of anilines is 1. The molecule has 0 saturated heterocycles. The second kappa shape index (κ2) is 6.29. The van der Waals surface area contributed by atoms with Gasteiger partial charge in [0, 0.05) is 28.2 Å². The van der Waals surface area contributed by atoms with Crippen LogP contribution in [0.3, 0.4) is 0 Å². The molecule has 7 heteroatoms. The summed E-state index contributed by atoms with van der Waals surface area (Å²) in [5.74, 6) is 6.48. The molecule has 0 aliphatic rings. The quantitative estimate of drug-likeness (QED) is 0.659. The molecule has 1 heterocycles. The number of benzene rings is 1. The third-order valence-corrected chi connectivity index (χ3v) is 3.28. The summed E-state index contributed by atoms with van der Waals surface area (Å²) in [5.41, 5.74) is 4.09. The van der Waals surface area contributed by atoms with E-state index in [2.05, 4.69) is 31.3 Å². The van der Waals surface area contributed by atoms with Gasteiger partial charge < -0.3 is 10.2 Å². The van der Waals surface area contributed by atoms with Crippen LogP contribution in [-0.2, 0) is 11.3 Å². The van der Waals surface area contributed by atoms with E-state index in [1.54, 1.807) is 25.3 Å². The summed E-state index contributed by atoms with van der Waals surface area (Å²) < 4.78 is 5.89. The van der Waals surface area contributed by atoms with Gasteiger partial charge in [0.2, 0.25) is 0 Å². The Bertz CT molecular complexity index is 594. The molecule has 0 aliphatic carbocycles. The van der Waals surface area contributed by atoms with Crippen molar-refractivity contribution in [3.63, 3.8) is 0 Å². The number of ether oxygens (including phenoxy) is 1. The van der Waals surface area contributed by atoms with Crippen LogP contribution in [0.5, 0.6) is 0 Å². The number of halogens is 2. The number of nitrogens with two attached hydrogens (primary N) is 1. The molecule has 0 spiro atoms. The Morgan fingerprint density at radius 1 is 1.37 bits per heavy atom. The molecule has 1 aromatic carbocycles. The largest absolute Gasteiger partial charge is 0.378 e. The van der Waals surface area contributed by atoms with Crippen molar-refractivity contribution in [3.05, 3.63) is 39.5 Å². The Kier molecular flexibility index (Phi) is 4.71. The van der Waals surface area contributed by atoms with Gasteiger partial charge in [0.05, 0.1) is 12.3 Å². The van der Waals surface area contributed by atoms with Crippen LogP contribution in [0.15, 0.2) is 28.7 Å². The molecule has 0 saturated carbocycles. The zero-order valence-electron chi connectivity index (χ0n) is 10.2. The molecule has 100 valence electrons. The Morgan fingerprint density at radius 2 is 2.16 bits per heavy atom. The minimum absolute atomic E-state index is 0.384. The van der Waals surface area contributed by atoms with E-state index < -0.39 is 0 Å². The fourth-order valence-corrected chi connectivity index (χ4v) is 2.44. The Labute approximate surface area is 124 Å². The number of aromatic nitrogens is 2. The maximum absolute atomic E-state index is 5.92. The number of hydrazine groups is 1. The molecular weight excluding hydrogens is 332 g/mol. The van der Waals surface area contributed by atoms with Gasteiger partial charge in [-0.2, -0.15) is 0 Å². The summed E-state index contributed by atoms with van der Waals surface area (Å²) in [4.78, 5) is 8.75. The van der Waals surface area contributed by atoms with Crippen LogP contribution in [0.25, 0.3) is 11.4 Å². The lowest BCUT2D eigenvalue weighted by atomic mass is 10.2. The lowest BCUT2D eigenvalue weighted by Crippen LogP contribution is -2.11. The summed E-state index contributed by atoms with van der Waals surface area (Å²) in [5, 5.41) is 0.640. The molecule has 5 nitrogen and oxygen atoms in total. The molecule has 0 aliphatic heterocycles. The average molecular weight is 344 g/mol. The van der Waals surface area contributed by atoms with Gasteiger partial charge in [-0.1, -0.05) is 11.6 Å². The fraction of sp³-hybridized carbons (Fsp3) is 0.167. The summed E-state index contributed by atoms with van der Waals surface area (Å²) in [6.07, 6.45) is 0. The summed E-state index contributed by atoms with van der Waals surface area (Å²) >= 11 is 9.37. The third kappa shape index (κ3) is 3.42. The van der Waals surface area contributed by atoms with Gasteiger partial charge >= 0.3 is 0 Å². The SMILES string of the molecule is COCc1cc(NN)nc(-c2ccc(Cl)cc2Br)n1. The van der Waals surface area contributed by atoms with Crippen LogP contribution in [0, 0.1) is 0 Å². The molecular formula is C12H12BrClN4O. The highest BCUT2D eigenvalue weighted by molar-refractivity contribution is 9.10. The van der Waals surface area contributed by atoms with Crippen LogP contribution < -0.4 is 11.3 Å². The highest BCUT2D eigenvalue weighted by atomic mass is 79.9. The molecule has 1 aromatic heterocycles. The van der Waals surface area contributed by atoms with E-state index >= 15 is 0 Å². The minimum Gasteiger partial charge on any atom is -0.378 e. The number of hydrogen-bond donors (Lipinski definition) is 2. The number of rotatable bonds is 4. The lowest BCUT2D eigenvalue weighted by Gasteiger charge is -2.09. The maximum Gasteiger partial charge on any atom is 0.163 e. The van der Waals surface area contributed by atoms with E-state index in [0.717, 1.165) is 15.7 Å². The summed E-state index contributed by atoms with van der Waals surface area (Å²) in [6, 6.07) is 7.15. The minimum atomic E-state index is 0.384. The third-order valence-electron chi connectivity index (χ3n) is 2.39. The van der Waals surface area contributed by atoms with E-state index in [1.807, 2.05) is 6.07 Å². The molecule has 0 unspecified atom stereocenters. The number of nitrogen functional groups attached to an aromatic ring is 1.